The molecule has 116 valence electrons. The predicted octanol–water partition coefficient (Wildman–Crippen LogP) is 1.33. The number of carbonyl (C=O) groups is 2. The van der Waals surface area contributed by atoms with Gasteiger partial charge in [-0.05, 0) is 38.8 Å². The third-order valence-corrected chi connectivity index (χ3v) is 3.20. The second-order valence-electron chi connectivity index (χ2n) is 5.21. The van der Waals surface area contributed by atoms with Crippen molar-refractivity contribution in [2.75, 3.05) is 0 Å². The predicted molar refractivity (Wildman–Crippen MR) is 80.5 cm³/mol. The normalized spacial score (nSPS) is 9.22. The van der Waals surface area contributed by atoms with Gasteiger partial charge in [-0.25, -0.2) is 0 Å². The molecule has 23 heavy (non-hydrogen) atoms. The van der Waals surface area contributed by atoms with Crippen molar-refractivity contribution >= 4 is 11.9 Å². The molecule has 0 saturated carbocycles. The van der Waals surface area contributed by atoms with Crippen molar-refractivity contribution in [2.45, 2.75) is 27.7 Å². The summed E-state index contributed by atoms with van der Waals surface area (Å²) in [6.45, 7) is 7.37. The average Bonchev–Trinajstić information content (AvgIpc) is 2.38. The van der Waals surface area contributed by atoms with E-state index in [4.69, 9.17) is 0 Å². The Morgan fingerprint density at radius 3 is 1.22 bits per heavy atom. The van der Waals surface area contributed by atoms with Gasteiger partial charge >= 0.3 is 27.7 Å². The van der Waals surface area contributed by atoms with Crippen molar-refractivity contribution < 1.29 is 47.5 Å². The Labute approximate surface area is 156 Å². The molecule has 0 radical (unpaired) electrons. The molecule has 0 spiro atoms. The van der Waals surface area contributed by atoms with E-state index in [0.717, 1.165) is 22.3 Å². The van der Waals surface area contributed by atoms with Crippen LogP contribution < -0.4 is 10.2 Å². The summed E-state index contributed by atoms with van der Waals surface area (Å²) < 4.78 is 0. The Morgan fingerprint density at radius 2 is 1.00 bits per heavy atom. The van der Waals surface area contributed by atoms with E-state index in [1.807, 2.05) is 26.0 Å². The summed E-state index contributed by atoms with van der Waals surface area (Å²) in [5.74, 6) is -2.22. The molecule has 0 saturated heterocycles. The van der Waals surface area contributed by atoms with Gasteiger partial charge in [-0.1, -0.05) is 47.5 Å². The molecule has 5 heteroatoms. The number of carboxylic acids is 2. The third-order valence-electron chi connectivity index (χ3n) is 3.20. The molecule has 4 nitrogen and oxygen atoms in total. The minimum Gasteiger partial charge on any atom is -0.545 e. The SMILES string of the molecule is Cc1ccc(C(=O)[O-])c(C)c1.Cc1ccc(C(=O)[O-])c(C)c1.[Hg+2]. The van der Waals surface area contributed by atoms with E-state index in [1.54, 1.807) is 38.1 Å². The van der Waals surface area contributed by atoms with Crippen LogP contribution in [-0.2, 0) is 27.7 Å². The maximum absolute atomic E-state index is 10.4. The summed E-state index contributed by atoms with van der Waals surface area (Å²) >= 11 is 0. The fraction of sp³-hybridized carbons (Fsp3) is 0.222. The molecule has 0 N–H and O–H groups in total. The van der Waals surface area contributed by atoms with E-state index in [-0.39, 0.29) is 38.8 Å². The standard InChI is InChI=1S/2C9H10O2.Hg/c2*1-6-3-4-8(9(10)11)7(2)5-6;/h2*3-5H,1-2H3,(H,10,11);/q;;+2/p-2. The number of aromatic carboxylic acids is 2. The smallest absolute Gasteiger partial charge is 0.545 e. The van der Waals surface area contributed by atoms with E-state index in [2.05, 4.69) is 0 Å². The number of hydrogen-bond donors (Lipinski definition) is 0. The maximum Gasteiger partial charge on any atom is 2.00 e. The van der Waals surface area contributed by atoms with E-state index in [1.165, 1.54) is 0 Å². The van der Waals surface area contributed by atoms with Gasteiger partial charge in [0.25, 0.3) is 0 Å². The van der Waals surface area contributed by atoms with Crippen LogP contribution in [0.2, 0.25) is 0 Å². The molecule has 0 bridgehead atoms. The van der Waals surface area contributed by atoms with Gasteiger partial charge in [0.15, 0.2) is 0 Å². The molecule has 2 aromatic rings. The molecule has 0 heterocycles. The van der Waals surface area contributed by atoms with Gasteiger partial charge in [-0.3, -0.25) is 0 Å². The number of rotatable bonds is 2. The number of carboxylic acid groups (broad SMARTS) is 2. The third kappa shape index (κ3) is 6.53. The van der Waals surface area contributed by atoms with Crippen LogP contribution in [0.15, 0.2) is 36.4 Å². The monoisotopic (exact) mass is 500 g/mol. The molecule has 0 aliphatic heterocycles. The largest absolute Gasteiger partial charge is 2.00 e. The molecular formula is C18H18HgO4. The van der Waals surface area contributed by atoms with Crippen LogP contribution in [0.4, 0.5) is 0 Å². The fourth-order valence-corrected chi connectivity index (χ4v) is 2.09. The topological polar surface area (TPSA) is 80.3 Å². The molecule has 2 rings (SSSR count). The quantitative estimate of drug-likeness (QED) is 0.585. The second-order valence-corrected chi connectivity index (χ2v) is 5.21. The first-order valence-electron chi connectivity index (χ1n) is 6.79. The Balaban J connectivity index is 0.000000403. The van der Waals surface area contributed by atoms with Gasteiger partial charge < -0.3 is 19.8 Å². The van der Waals surface area contributed by atoms with Crippen molar-refractivity contribution in [3.63, 3.8) is 0 Å². The Morgan fingerprint density at radius 1 is 0.696 bits per heavy atom. The van der Waals surface area contributed by atoms with Gasteiger partial charge in [0, 0.05) is 11.1 Å². The van der Waals surface area contributed by atoms with Crippen molar-refractivity contribution in [2.24, 2.45) is 0 Å². The van der Waals surface area contributed by atoms with Gasteiger partial charge in [-0.15, -0.1) is 0 Å². The zero-order valence-corrected chi connectivity index (χ0v) is 19.3. The van der Waals surface area contributed by atoms with E-state index < -0.39 is 11.9 Å². The van der Waals surface area contributed by atoms with Gasteiger partial charge in [-0.2, -0.15) is 0 Å². The van der Waals surface area contributed by atoms with Crippen LogP contribution in [-0.4, -0.2) is 11.9 Å². The van der Waals surface area contributed by atoms with Crippen LogP contribution in [0.5, 0.6) is 0 Å². The van der Waals surface area contributed by atoms with Crippen LogP contribution in [0.25, 0.3) is 0 Å². The molecule has 0 amide bonds. The van der Waals surface area contributed by atoms with Crippen LogP contribution in [0, 0.1) is 27.7 Å². The van der Waals surface area contributed by atoms with E-state index in [0.29, 0.717) is 0 Å². The summed E-state index contributed by atoms with van der Waals surface area (Å²) in [6, 6.07) is 10.3. The Bertz CT molecular complexity index is 647. The second kappa shape index (κ2) is 9.45. The molecule has 0 aliphatic rings. The first-order chi connectivity index (χ1) is 10.2. The summed E-state index contributed by atoms with van der Waals surface area (Å²) in [5.41, 5.74) is 4.18. The zero-order chi connectivity index (χ0) is 16.9. The first kappa shape index (κ1) is 21.3. The summed E-state index contributed by atoms with van der Waals surface area (Å²) in [5, 5.41) is 20.8. The molecule has 0 atom stereocenters. The molecule has 0 fully saturated rings. The minimum absolute atomic E-state index is 0. The molecule has 2 aromatic carbocycles. The summed E-state index contributed by atoms with van der Waals surface area (Å²) in [6.07, 6.45) is 0. The Hall–Kier alpha value is -1.68. The number of carbonyl (C=O) groups excluding carboxylic acids is 2. The van der Waals surface area contributed by atoms with Crippen molar-refractivity contribution in [3.8, 4) is 0 Å². The van der Waals surface area contributed by atoms with E-state index in [9.17, 15) is 19.8 Å². The van der Waals surface area contributed by atoms with Gasteiger partial charge in [0.05, 0.1) is 11.9 Å². The van der Waals surface area contributed by atoms with Crippen molar-refractivity contribution in [1.29, 1.82) is 0 Å². The number of benzene rings is 2. The summed E-state index contributed by atoms with van der Waals surface area (Å²) in [7, 11) is 0. The van der Waals surface area contributed by atoms with Crippen molar-refractivity contribution in [3.05, 3.63) is 69.8 Å². The number of aryl methyl sites for hydroxylation is 4. The first-order valence-corrected chi connectivity index (χ1v) is 6.79. The number of hydrogen-bond acceptors (Lipinski definition) is 4. The van der Waals surface area contributed by atoms with Crippen LogP contribution in [0.1, 0.15) is 43.0 Å². The molecule has 0 unspecified atom stereocenters. The summed E-state index contributed by atoms with van der Waals surface area (Å²) in [4.78, 5) is 20.8. The van der Waals surface area contributed by atoms with Crippen molar-refractivity contribution in [1.82, 2.24) is 0 Å². The zero-order valence-electron chi connectivity index (χ0n) is 13.8. The van der Waals surface area contributed by atoms with E-state index >= 15 is 0 Å². The van der Waals surface area contributed by atoms with Gasteiger partial charge in [0.2, 0.25) is 0 Å². The van der Waals surface area contributed by atoms with Crippen LogP contribution >= 0.6 is 0 Å². The molecule has 0 aliphatic carbocycles. The maximum atomic E-state index is 10.4. The van der Waals surface area contributed by atoms with Gasteiger partial charge in [0.1, 0.15) is 0 Å². The molecular weight excluding hydrogens is 481 g/mol. The van der Waals surface area contributed by atoms with Crippen LogP contribution in [0.3, 0.4) is 0 Å². The average molecular weight is 499 g/mol. The molecule has 0 aromatic heterocycles. The fourth-order valence-electron chi connectivity index (χ4n) is 2.09. The Kier molecular flexibility index (Phi) is 8.76. The minimum atomic E-state index is -1.11.